The normalized spacial score (nSPS) is 12.4. The average Bonchev–Trinajstić information content (AvgIpc) is 2.42. The molecule has 0 unspecified atom stereocenters. The second kappa shape index (κ2) is 7.64. The van der Waals surface area contributed by atoms with Gasteiger partial charge in [0.15, 0.2) is 5.84 Å². The van der Waals surface area contributed by atoms with Crippen LogP contribution in [0, 0.1) is 0 Å². The largest absolute Gasteiger partial charge is 0.475 e. The topological polar surface area (TPSA) is 96.9 Å². The Balaban J connectivity index is 2.67. The smallest absolute Gasteiger partial charge is 0.244 e. The minimum absolute atomic E-state index is 0.0422. The molecule has 0 bridgehead atoms. The van der Waals surface area contributed by atoms with Crippen LogP contribution in [0.5, 0.6) is 5.88 Å². The molecule has 3 N–H and O–H groups in total. The van der Waals surface area contributed by atoms with E-state index in [0.29, 0.717) is 24.3 Å². The highest BCUT2D eigenvalue weighted by Gasteiger charge is 2.14. The van der Waals surface area contributed by atoms with E-state index in [9.17, 15) is 0 Å². The van der Waals surface area contributed by atoms with Crippen LogP contribution in [-0.2, 0) is 0 Å². The second-order valence-corrected chi connectivity index (χ2v) is 5.01. The van der Waals surface area contributed by atoms with Crippen LogP contribution < -0.4 is 10.5 Å². The average molecular weight is 281 g/mol. The van der Waals surface area contributed by atoms with Gasteiger partial charge in [-0.3, -0.25) is 4.90 Å². The van der Waals surface area contributed by atoms with Gasteiger partial charge < -0.3 is 15.7 Å². The summed E-state index contributed by atoms with van der Waals surface area (Å²) in [7, 11) is 0. The van der Waals surface area contributed by atoms with Crippen molar-refractivity contribution in [2.75, 3.05) is 13.2 Å². The molecule has 0 aliphatic carbocycles. The molecule has 0 spiro atoms. The first kappa shape index (κ1) is 16.2. The summed E-state index contributed by atoms with van der Waals surface area (Å²) in [5.41, 5.74) is 6.00. The number of ether oxygens (including phenoxy) is 1. The fraction of sp³-hybridized carbons (Fsp3) is 0.615. The fourth-order valence-corrected chi connectivity index (χ4v) is 2.03. The summed E-state index contributed by atoms with van der Waals surface area (Å²) in [6.07, 6.45) is 1.47. The second-order valence-electron chi connectivity index (χ2n) is 5.01. The Morgan fingerprint density at radius 1 is 1.40 bits per heavy atom. The Bertz CT molecular complexity index is 440. The first-order chi connectivity index (χ1) is 9.47. The summed E-state index contributed by atoms with van der Waals surface area (Å²) >= 11 is 0. The van der Waals surface area contributed by atoms with Gasteiger partial charge in [0.2, 0.25) is 5.88 Å². The fourth-order valence-electron chi connectivity index (χ4n) is 2.03. The van der Waals surface area contributed by atoms with Crippen LogP contribution in [0.3, 0.4) is 0 Å². The van der Waals surface area contributed by atoms with E-state index in [2.05, 4.69) is 47.9 Å². The molecule has 1 aromatic heterocycles. The molecule has 0 fully saturated rings. The minimum Gasteiger partial charge on any atom is -0.475 e. The van der Waals surface area contributed by atoms with Crippen molar-refractivity contribution >= 4 is 5.84 Å². The summed E-state index contributed by atoms with van der Waals surface area (Å²) in [6, 6.07) is 2.47. The highest BCUT2D eigenvalue weighted by molar-refractivity contribution is 5.98. The molecule has 0 saturated carbocycles. The lowest BCUT2D eigenvalue weighted by Gasteiger charge is -2.30. The van der Waals surface area contributed by atoms with Crippen LogP contribution in [0.25, 0.3) is 0 Å². The molecule has 0 aliphatic heterocycles. The minimum atomic E-state index is -0.0422. The van der Waals surface area contributed by atoms with Crippen LogP contribution >= 0.6 is 0 Å². The number of hydrogen-bond donors (Lipinski definition) is 2. The maximum Gasteiger partial charge on any atom is 0.244 e. The zero-order chi connectivity index (χ0) is 15.1. The van der Waals surface area contributed by atoms with Gasteiger partial charge in [-0.2, -0.15) is 5.10 Å². The lowest BCUT2D eigenvalue weighted by atomic mass is 10.2. The Hall–Kier alpha value is -1.89. The molecule has 0 atom stereocenters. The molecule has 0 radical (unpaired) electrons. The maximum absolute atomic E-state index is 8.72. The Labute approximate surface area is 119 Å². The summed E-state index contributed by atoms with van der Waals surface area (Å²) in [6.45, 7) is 9.80. The number of rotatable bonds is 7. The third-order valence-electron chi connectivity index (χ3n) is 2.99. The molecule has 112 valence electrons. The third kappa shape index (κ3) is 4.34. The van der Waals surface area contributed by atoms with Gasteiger partial charge in [-0.05, 0) is 33.8 Å². The molecule has 20 heavy (non-hydrogen) atoms. The van der Waals surface area contributed by atoms with Crippen LogP contribution in [0.1, 0.15) is 33.3 Å². The first-order valence-electron chi connectivity index (χ1n) is 6.65. The van der Waals surface area contributed by atoms with Crippen LogP contribution in [0.4, 0.5) is 0 Å². The van der Waals surface area contributed by atoms with Gasteiger partial charge in [-0.1, -0.05) is 5.16 Å². The Kier molecular flexibility index (Phi) is 6.17. The van der Waals surface area contributed by atoms with Crippen LogP contribution in [0.15, 0.2) is 17.4 Å². The number of nitrogens with zero attached hydrogens (tertiary/aromatic N) is 4. The highest BCUT2D eigenvalue weighted by atomic mass is 16.5. The van der Waals surface area contributed by atoms with Crippen molar-refractivity contribution in [2.45, 2.75) is 39.8 Å². The van der Waals surface area contributed by atoms with E-state index in [1.807, 2.05) is 0 Å². The highest BCUT2D eigenvalue weighted by Crippen LogP contribution is 2.13. The first-order valence-corrected chi connectivity index (χ1v) is 6.65. The molecule has 1 aromatic rings. The SMILES string of the molecule is CC(C)N(CCOc1nnccc1/C(N)=N/O)C(C)C. The maximum atomic E-state index is 8.72. The Morgan fingerprint density at radius 2 is 2.05 bits per heavy atom. The van der Waals surface area contributed by atoms with E-state index < -0.39 is 0 Å². The van der Waals surface area contributed by atoms with Crippen LogP contribution in [-0.4, -0.2) is 51.4 Å². The van der Waals surface area contributed by atoms with Gasteiger partial charge >= 0.3 is 0 Å². The molecule has 0 saturated heterocycles. The van der Waals surface area contributed by atoms with Gasteiger partial charge in [0.1, 0.15) is 6.61 Å². The molecule has 7 heteroatoms. The zero-order valence-electron chi connectivity index (χ0n) is 12.4. The molecule has 1 rings (SSSR count). The molecular formula is C13H23N5O2. The van der Waals surface area contributed by atoms with Crippen molar-refractivity contribution in [1.82, 2.24) is 15.1 Å². The van der Waals surface area contributed by atoms with Gasteiger partial charge in [0.05, 0.1) is 11.8 Å². The van der Waals surface area contributed by atoms with Crippen molar-refractivity contribution in [2.24, 2.45) is 10.9 Å². The van der Waals surface area contributed by atoms with Crippen molar-refractivity contribution in [3.63, 3.8) is 0 Å². The van der Waals surface area contributed by atoms with Gasteiger partial charge in [0.25, 0.3) is 0 Å². The van der Waals surface area contributed by atoms with E-state index in [0.717, 1.165) is 6.54 Å². The van der Waals surface area contributed by atoms with Crippen molar-refractivity contribution in [3.8, 4) is 5.88 Å². The van der Waals surface area contributed by atoms with E-state index in [1.165, 1.54) is 6.20 Å². The van der Waals surface area contributed by atoms with E-state index in [1.54, 1.807) is 6.07 Å². The predicted octanol–water partition coefficient (Wildman–Crippen LogP) is 1.07. The molecule has 1 heterocycles. The molecule has 0 aliphatic rings. The summed E-state index contributed by atoms with van der Waals surface area (Å²) in [5.74, 6) is 0.231. The number of amidine groups is 1. The van der Waals surface area contributed by atoms with Crippen molar-refractivity contribution < 1.29 is 9.94 Å². The lowest BCUT2D eigenvalue weighted by molar-refractivity contribution is 0.139. The Morgan fingerprint density at radius 3 is 2.60 bits per heavy atom. The summed E-state index contributed by atoms with van der Waals surface area (Å²) in [5, 5.41) is 19.3. The number of nitrogens with two attached hydrogens (primary N) is 1. The number of aromatic nitrogens is 2. The van der Waals surface area contributed by atoms with Gasteiger partial charge in [-0.15, -0.1) is 5.10 Å². The molecule has 0 amide bonds. The van der Waals surface area contributed by atoms with Gasteiger partial charge in [-0.25, -0.2) is 0 Å². The standard InChI is InChI=1S/C13H23N5O2/c1-9(2)18(10(3)4)7-8-20-13-11(12(14)17-19)5-6-15-16-13/h5-6,9-10,19H,7-8H2,1-4H3,(H2,14,17). The van der Waals surface area contributed by atoms with E-state index in [-0.39, 0.29) is 11.7 Å². The summed E-state index contributed by atoms with van der Waals surface area (Å²) in [4.78, 5) is 2.31. The van der Waals surface area contributed by atoms with Crippen molar-refractivity contribution in [3.05, 3.63) is 17.8 Å². The third-order valence-corrected chi connectivity index (χ3v) is 2.99. The molecular weight excluding hydrogens is 258 g/mol. The summed E-state index contributed by atoms with van der Waals surface area (Å²) < 4.78 is 5.60. The monoisotopic (exact) mass is 281 g/mol. The predicted molar refractivity (Wildman–Crippen MR) is 77.0 cm³/mol. The lowest BCUT2D eigenvalue weighted by Crippen LogP contribution is -2.39. The van der Waals surface area contributed by atoms with Gasteiger partial charge in [0, 0.05) is 18.6 Å². The van der Waals surface area contributed by atoms with E-state index in [4.69, 9.17) is 15.7 Å². The zero-order valence-corrected chi connectivity index (χ0v) is 12.4. The number of hydrogen-bond acceptors (Lipinski definition) is 6. The molecule has 7 nitrogen and oxygen atoms in total. The number of oxime groups is 1. The van der Waals surface area contributed by atoms with Crippen molar-refractivity contribution in [1.29, 1.82) is 0 Å². The van der Waals surface area contributed by atoms with E-state index >= 15 is 0 Å². The quantitative estimate of drug-likeness (QED) is 0.336. The molecule has 0 aromatic carbocycles. The van der Waals surface area contributed by atoms with Crippen LogP contribution in [0.2, 0.25) is 0 Å².